The van der Waals surface area contributed by atoms with Crippen molar-refractivity contribution >= 4 is 5.78 Å². The van der Waals surface area contributed by atoms with Gasteiger partial charge in [-0.1, -0.05) is 13.8 Å². The molecule has 0 aliphatic heterocycles. The molecular weight excluding hydrogens is 202 g/mol. The van der Waals surface area contributed by atoms with Gasteiger partial charge in [0.15, 0.2) is 0 Å². The summed E-state index contributed by atoms with van der Waals surface area (Å²) >= 11 is 0. The predicted octanol–water partition coefficient (Wildman–Crippen LogP) is 0.767. The minimum absolute atomic E-state index is 0.606. The van der Waals surface area contributed by atoms with Crippen molar-refractivity contribution in [3.63, 3.8) is 0 Å². The molecular formula is C11H19N5. The van der Waals surface area contributed by atoms with E-state index in [4.69, 9.17) is 5.73 Å². The Hall–Kier alpha value is -1.36. The first-order chi connectivity index (χ1) is 7.61. The van der Waals surface area contributed by atoms with Crippen molar-refractivity contribution in [3.05, 3.63) is 17.7 Å². The Morgan fingerprint density at radius 2 is 2.19 bits per heavy atom. The number of fused-ring (bicyclic) bond motifs is 1. The van der Waals surface area contributed by atoms with E-state index in [-0.39, 0.29) is 0 Å². The van der Waals surface area contributed by atoms with Gasteiger partial charge in [0, 0.05) is 19.9 Å². The fraction of sp³-hybridized carbons (Fsp3) is 0.636. The second-order valence-electron chi connectivity index (χ2n) is 4.59. The molecule has 16 heavy (non-hydrogen) atoms. The van der Waals surface area contributed by atoms with Crippen LogP contribution in [0.5, 0.6) is 0 Å². The number of nitrogens with zero attached hydrogens (tertiary/aromatic N) is 4. The summed E-state index contributed by atoms with van der Waals surface area (Å²) in [6.45, 7) is 5.01. The van der Waals surface area contributed by atoms with Crippen LogP contribution in [0.4, 0.5) is 0 Å². The number of hydrogen-bond acceptors (Lipinski definition) is 3. The minimum atomic E-state index is 0.606. The molecule has 0 aromatic carbocycles. The van der Waals surface area contributed by atoms with Crippen LogP contribution in [0, 0.1) is 5.92 Å². The number of rotatable bonds is 4. The third-order valence-electron chi connectivity index (χ3n) is 2.62. The average Bonchev–Trinajstić information content (AvgIpc) is 2.69. The molecule has 0 aliphatic carbocycles. The molecule has 0 radical (unpaired) electrons. The predicted molar refractivity (Wildman–Crippen MR) is 63.3 cm³/mol. The molecule has 0 amide bonds. The zero-order valence-corrected chi connectivity index (χ0v) is 10.1. The molecule has 2 N–H and O–H groups in total. The van der Waals surface area contributed by atoms with Crippen LogP contribution in [0.3, 0.4) is 0 Å². The third-order valence-corrected chi connectivity index (χ3v) is 2.62. The molecule has 2 aromatic heterocycles. The van der Waals surface area contributed by atoms with Crippen LogP contribution < -0.4 is 5.73 Å². The first-order valence-electron chi connectivity index (χ1n) is 5.71. The van der Waals surface area contributed by atoms with E-state index in [1.165, 1.54) is 0 Å². The number of aromatic nitrogens is 4. The van der Waals surface area contributed by atoms with E-state index in [0.29, 0.717) is 12.5 Å². The van der Waals surface area contributed by atoms with Crippen LogP contribution in [-0.4, -0.2) is 25.7 Å². The minimum Gasteiger partial charge on any atom is -0.330 e. The van der Waals surface area contributed by atoms with Gasteiger partial charge in [0.05, 0.1) is 11.9 Å². The van der Waals surface area contributed by atoms with Gasteiger partial charge in [0.2, 0.25) is 5.78 Å². The number of aryl methyl sites for hydroxylation is 1. The second-order valence-corrected chi connectivity index (χ2v) is 4.59. The lowest BCUT2D eigenvalue weighted by Crippen LogP contribution is -2.05. The van der Waals surface area contributed by atoms with Gasteiger partial charge in [-0.2, -0.15) is 5.10 Å². The van der Waals surface area contributed by atoms with Crippen molar-refractivity contribution in [2.24, 2.45) is 18.7 Å². The molecule has 5 nitrogen and oxygen atoms in total. The normalized spacial score (nSPS) is 11.8. The van der Waals surface area contributed by atoms with E-state index >= 15 is 0 Å². The van der Waals surface area contributed by atoms with E-state index in [9.17, 15) is 0 Å². The van der Waals surface area contributed by atoms with Crippen molar-refractivity contribution in [1.82, 2.24) is 19.2 Å². The Bertz CT molecular complexity index is 480. The van der Waals surface area contributed by atoms with Crippen molar-refractivity contribution in [2.45, 2.75) is 26.7 Å². The highest BCUT2D eigenvalue weighted by Gasteiger charge is 2.11. The van der Waals surface area contributed by atoms with Crippen molar-refractivity contribution in [3.8, 4) is 0 Å². The van der Waals surface area contributed by atoms with Crippen LogP contribution >= 0.6 is 0 Å². The Kier molecular flexibility index (Phi) is 2.96. The quantitative estimate of drug-likeness (QED) is 0.829. The summed E-state index contributed by atoms with van der Waals surface area (Å²) in [4.78, 5) is 4.51. The molecule has 0 fully saturated rings. The molecule has 0 spiro atoms. The summed E-state index contributed by atoms with van der Waals surface area (Å²) in [5.74, 6) is 2.59. The molecule has 88 valence electrons. The molecule has 0 atom stereocenters. The van der Waals surface area contributed by atoms with Gasteiger partial charge in [-0.25, -0.2) is 9.50 Å². The molecule has 5 heteroatoms. The maximum Gasteiger partial charge on any atom is 0.232 e. The van der Waals surface area contributed by atoms with Gasteiger partial charge >= 0.3 is 0 Å². The molecule has 2 aromatic rings. The van der Waals surface area contributed by atoms with Crippen LogP contribution in [0.15, 0.2) is 6.20 Å². The third kappa shape index (κ3) is 1.95. The molecule has 2 rings (SSSR count). The van der Waals surface area contributed by atoms with E-state index in [0.717, 1.165) is 30.1 Å². The molecule has 0 aliphatic rings. The van der Waals surface area contributed by atoms with Gasteiger partial charge in [-0.15, -0.1) is 0 Å². The Morgan fingerprint density at radius 1 is 1.44 bits per heavy atom. The van der Waals surface area contributed by atoms with E-state index in [2.05, 4.69) is 28.5 Å². The number of hydrogen-bond donors (Lipinski definition) is 1. The highest BCUT2D eigenvalue weighted by molar-refractivity contribution is 5.32. The average molecular weight is 221 g/mol. The molecule has 2 heterocycles. The summed E-state index contributed by atoms with van der Waals surface area (Å²) in [5, 5.41) is 4.53. The van der Waals surface area contributed by atoms with E-state index < -0.39 is 0 Å². The van der Waals surface area contributed by atoms with Crippen LogP contribution in [0.1, 0.15) is 25.4 Å². The largest absolute Gasteiger partial charge is 0.330 e. The van der Waals surface area contributed by atoms with E-state index in [1.54, 1.807) is 0 Å². The van der Waals surface area contributed by atoms with Gasteiger partial charge < -0.3 is 10.3 Å². The summed E-state index contributed by atoms with van der Waals surface area (Å²) in [5.41, 5.74) is 6.52. The Morgan fingerprint density at radius 3 is 2.75 bits per heavy atom. The van der Waals surface area contributed by atoms with Crippen molar-refractivity contribution in [1.29, 1.82) is 0 Å². The SMILES string of the molecule is CC(C)Cc1nn2cc(CCN)nc2n1C. The highest BCUT2D eigenvalue weighted by atomic mass is 15.4. The number of nitrogens with two attached hydrogens (primary N) is 1. The van der Waals surface area contributed by atoms with Crippen LogP contribution in [-0.2, 0) is 19.9 Å². The van der Waals surface area contributed by atoms with Crippen molar-refractivity contribution in [2.75, 3.05) is 6.54 Å². The fourth-order valence-electron chi connectivity index (χ4n) is 1.83. The van der Waals surface area contributed by atoms with E-state index in [1.807, 2.05) is 17.8 Å². The van der Waals surface area contributed by atoms with Gasteiger partial charge in [0.1, 0.15) is 5.82 Å². The maximum atomic E-state index is 5.51. The molecule has 0 saturated carbocycles. The van der Waals surface area contributed by atoms with Crippen molar-refractivity contribution < 1.29 is 0 Å². The molecule has 0 bridgehead atoms. The fourth-order valence-corrected chi connectivity index (χ4v) is 1.83. The Balaban J connectivity index is 2.35. The summed E-state index contributed by atoms with van der Waals surface area (Å²) in [6.07, 6.45) is 3.75. The van der Waals surface area contributed by atoms with Crippen LogP contribution in [0.25, 0.3) is 5.78 Å². The maximum absolute atomic E-state index is 5.51. The summed E-state index contributed by atoms with van der Waals surface area (Å²) in [6, 6.07) is 0. The van der Waals surface area contributed by atoms with Gasteiger partial charge in [-0.3, -0.25) is 0 Å². The lowest BCUT2D eigenvalue weighted by Gasteiger charge is -2.02. The highest BCUT2D eigenvalue weighted by Crippen LogP contribution is 2.10. The zero-order chi connectivity index (χ0) is 11.7. The lowest BCUT2D eigenvalue weighted by molar-refractivity contribution is 0.600. The molecule has 0 unspecified atom stereocenters. The lowest BCUT2D eigenvalue weighted by atomic mass is 10.1. The summed E-state index contributed by atoms with van der Waals surface area (Å²) in [7, 11) is 2.01. The Labute approximate surface area is 95.3 Å². The topological polar surface area (TPSA) is 61.1 Å². The first-order valence-corrected chi connectivity index (χ1v) is 5.71. The van der Waals surface area contributed by atoms with Gasteiger partial charge in [-0.05, 0) is 12.5 Å². The van der Waals surface area contributed by atoms with Crippen LogP contribution in [0.2, 0.25) is 0 Å². The smallest absolute Gasteiger partial charge is 0.232 e. The molecule has 0 saturated heterocycles. The van der Waals surface area contributed by atoms with Gasteiger partial charge in [0.25, 0.3) is 0 Å². The summed E-state index contributed by atoms with van der Waals surface area (Å²) < 4.78 is 3.91. The second kappa shape index (κ2) is 4.25. The monoisotopic (exact) mass is 221 g/mol. The zero-order valence-electron chi connectivity index (χ0n) is 10.1. The first kappa shape index (κ1) is 11.1. The standard InChI is InChI=1S/C11H19N5/c1-8(2)6-10-14-16-7-9(4-5-12)13-11(16)15(10)3/h7-8H,4-6,12H2,1-3H3. The number of imidazole rings is 1.